The van der Waals surface area contributed by atoms with Crippen LogP contribution in [0.5, 0.6) is 0 Å². The standard InChI is InChI=1S/C11H12Br3NO6S2.Na/c1-15(5-6-22(17,18)19)10(16)8-3-2-4-9(7-8)23(20,21)11(12,13)14;/h2-4,7H,5-6H2,1H3,(H,17,18,19);/q;+1/p-1. The van der Waals surface area contributed by atoms with Crippen LogP contribution < -0.4 is 29.6 Å². The fourth-order valence-electron chi connectivity index (χ4n) is 1.50. The molecule has 0 bridgehead atoms. The average Bonchev–Trinajstić information content (AvgIpc) is 2.42. The van der Waals surface area contributed by atoms with E-state index in [-0.39, 0.29) is 46.6 Å². The molecular weight excluding hydrogens is 569 g/mol. The largest absolute Gasteiger partial charge is 1.00 e. The number of hydrogen-bond donors (Lipinski definition) is 0. The Kier molecular flexibility index (Phi) is 9.65. The van der Waals surface area contributed by atoms with Crippen molar-refractivity contribution in [2.45, 2.75) is 6.37 Å². The maximum atomic E-state index is 12.3. The van der Waals surface area contributed by atoms with Crippen molar-refractivity contribution >= 4 is 73.7 Å². The van der Waals surface area contributed by atoms with E-state index in [1.807, 2.05) is 0 Å². The van der Waals surface area contributed by atoms with Crippen molar-refractivity contribution in [2.75, 3.05) is 19.3 Å². The Morgan fingerprint density at radius 2 is 1.75 bits per heavy atom. The summed E-state index contributed by atoms with van der Waals surface area (Å²) >= 11 is 8.77. The van der Waals surface area contributed by atoms with Gasteiger partial charge in [0.25, 0.3) is 5.91 Å². The first kappa shape index (κ1) is 25.0. The molecule has 0 aliphatic heterocycles. The Labute approximate surface area is 187 Å². The van der Waals surface area contributed by atoms with Crippen LogP contribution in [0.1, 0.15) is 10.4 Å². The van der Waals surface area contributed by atoms with Crippen LogP contribution in [0.3, 0.4) is 0 Å². The summed E-state index contributed by atoms with van der Waals surface area (Å²) in [7, 11) is -6.99. The summed E-state index contributed by atoms with van der Waals surface area (Å²) in [6.07, 6.45) is 0. The molecule has 1 rings (SSSR count). The number of rotatable bonds is 5. The minimum absolute atomic E-state index is 0. The van der Waals surface area contributed by atoms with Crippen LogP contribution in [0.15, 0.2) is 29.2 Å². The summed E-state index contributed by atoms with van der Waals surface area (Å²) in [6.45, 7) is -0.291. The molecule has 0 saturated carbocycles. The van der Waals surface area contributed by atoms with E-state index >= 15 is 0 Å². The Hall–Kier alpha value is 0.990. The number of carbonyl (C=O) groups is 1. The third kappa shape index (κ3) is 6.95. The zero-order valence-electron chi connectivity index (χ0n) is 12.6. The van der Waals surface area contributed by atoms with Crippen LogP contribution in [0.25, 0.3) is 0 Å². The van der Waals surface area contributed by atoms with Crippen molar-refractivity contribution in [3.63, 3.8) is 0 Å². The van der Waals surface area contributed by atoms with Crippen molar-refractivity contribution in [3.8, 4) is 0 Å². The molecule has 0 aliphatic carbocycles. The number of halogens is 3. The molecule has 0 heterocycles. The van der Waals surface area contributed by atoms with Gasteiger partial charge in [-0.1, -0.05) is 6.07 Å². The number of sulfone groups is 1. The van der Waals surface area contributed by atoms with Gasteiger partial charge in [-0.3, -0.25) is 4.79 Å². The number of hydrogen-bond acceptors (Lipinski definition) is 6. The molecule has 0 aromatic heterocycles. The van der Waals surface area contributed by atoms with Crippen molar-refractivity contribution in [2.24, 2.45) is 0 Å². The molecule has 0 N–H and O–H groups in total. The van der Waals surface area contributed by atoms with Gasteiger partial charge >= 0.3 is 29.6 Å². The fourth-order valence-corrected chi connectivity index (χ4v) is 4.49. The maximum absolute atomic E-state index is 12.3. The van der Waals surface area contributed by atoms with E-state index in [9.17, 15) is 26.2 Å². The van der Waals surface area contributed by atoms with Crippen molar-refractivity contribution < 1.29 is 55.7 Å². The predicted molar refractivity (Wildman–Crippen MR) is 94.7 cm³/mol. The van der Waals surface area contributed by atoms with Crippen LogP contribution in [-0.4, -0.2) is 53.0 Å². The van der Waals surface area contributed by atoms with E-state index in [4.69, 9.17) is 0 Å². The summed E-state index contributed by atoms with van der Waals surface area (Å²) < 4.78 is 54.8. The van der Waals surface area contributed by atoms with Crippen LogP contribution >= 0.6 is 47.8 Å². The van der Waals surface area contributed by atoms with Gasteiger partial charge in [0.15, 0.2) is 0 Å². The van der Waals surface area contributed by atoms with Gasteiger partial charge in [0.2, 0.25) is 11.3 Å². The third-order valence-corrected chi connectivity index (χ3v) is 8.72. The monoisotopic (exact) mass is 577 g/mol. The first-order valence-corrected chi connectivity index (χ1v) is 11.3. The molecule has 1 aromatic carbocycles. The second-order valence-corrected chi connectivity index (χ2v) is 16.4. The Morgan fingerprint density at radius 3 is 2.21 bits per heavy atom. The summed E-state index contributed by atoms with van der Waals surface area (Å²) in [4.78, 5) is 13.1. The quantitative estimate of drug-likeness (QED) is 0.248. The molecule has 0 saturated heterocycles. The number of amides is 1. The molecule has 0 radical (unpaired) electrons. The molecule has 0 spiro atoms. The number of carbonyl (C=O) groups excluding carboxylic acids is 1. The van der Waals surface area contributed by atoms with Crippen LogP contribution in [0, 0.1) is 0 Å². The van der Waals surface area contributed by atoms with Gasteiger partial charge in [-0.05, 0) is 66.0 Å². The molecule has 0 aliphatic rings. The van der Waals surface area contributed by atoms with Gasteiger partial charge in [-0.15, -0.1) is 0 Å². The van der Waals surface area contributed by atoms with Crippen molar-refractivity contribution in [1.29, 1.82) is 0 Å². The minimum atomic E-state index is -4.44. The summed E-state index contributed by atoms with van der Waals surface area (Å²) in [5, 5.41) is 0. The fraction of sp³-hybridized carbons (Fsp3) is 0.364. The molecule has 7 nitrogen and oxygen atoms in total. The van der Waals surface area contributed by atoms with Gasteiger partial charge < -0.3 is 9.45 Å². The second kappa shape index (κ2) is 9.27. The Balaban J connectivity index is 0.00000529. The van der Waals surface area contributed by atoms with Crippen LogP contribution in [0.2, 0.25) is 0 Å². The predicted octanol–water partition coefficient (Wildman–Crippen LogP) is -1.12. The summed E-state index contributed by atoms with van der Waals surface area (Å²) in [5.74, 6) is -1.32. The van der Waals surface area contributed by atoms with E-state index in [1.165, 1.54) is 31.3 Å². The van der Waals surface area contributed by atoms with Crippen molar-refractivity contribution in [3.05, 3.63) is 29.8 Å². The van der Waals surface area contributed by atoms with Gasteiger partial charge in [0, 0.05) is 19.2 Å². The number of alkyl halides is 3. The first-order chi connectivity index (χ1) is 10.3. The van der Waals surface area contributed by atoms with Crippen LogP contribution in [0.4, 0.5) is 0 Å². The molecule has 0 fully saturated rings. The topological polar surface area (TPSA) is 112 Å². The molecule has 0 unspecified atom stereocenters. The zero-order chi connectivity index (χ0) is 18.1. The molecule has 130 valence electrons. The van der Waals surface area contributed by atoms with E-state index in [0.717, 1.165) is 4.90 Å². The maximum Gasteiger partial charge on any atom is 1.00 e. The van der Waals surface area contributed by atoms with Crippen LogP contribution in [-0.2, 0) is 20.0 Å². The molecule has 24 heavy (non-hydrogen) atoms. The third-order valence-electron chi connectivity index (χ3n) is 2.72. The van der Waals surface area contributed by atoms with E-state index in [1.54, 1.807) is 0 Å². The second-order valence-electron chi connectivity index (χ2n) is 4.47. The van der Waals surface area contributed by atoms with Crippen molar-refractivity contribution in [1.82, 2.24) is 4.90 Å². The van der Waals surface area contributed by atoms with Gasteiger partial charge in [0.05, 0.1) is 20.8 Å². The SMILES string of the molecule is CN(CCS(=O)(=O)[O-])C(=O)c1cccc(S(=O)(=O)C(Br)(Br)Br)c1.[Na+]. The molecule has 1 amide bonds. The number of benzene rings is 1. The number of nitrogens with zero attached hydrogens (tertiary/aromatic N) is 1. The van der Waals surface area contributed by atoms with Gasteiger partial charge in [0.1, 0.15) is 0 Å². The van der Waals surface area contributed by atoms with Gasteiger partial charge in [-0.25, -0.2) is 16.8 Å². The molecular formula is C11H11Br3NNaO6S2. The molecule has 0 atom stereocenters. The Bertz CT molecular complexity index is 807. The average molecular weight is 580 g/mol. The zero-order valence-corrected chi connectivity index (χ0v) is 21.0. The van der Waals surface area contributed by atoms with E-state index in [0.29, 0.717) is 0 Å². The molecule has 1 aromatic rings. The summed E-state index contributed by atoms with van der Waals surface area (Å²) in [6, 6.07) is 5.25. The van der Waals surface area contributed by atoms with E-state index in [2.05, 4.69) is 47.8 Å². The molecule has 13 heteroatoms. The van der Waals surface area contributed by atoms with Gasteiger partial charge in [-0.2, -0.15) is 0 Å². The normalized spacial score (nSPS) is 12.4. The first-order valence-electron chi connectivity index (χ1n) is 5.86. The Morgan fingerprint density at radius 1 is 1.21 bits per heavy atom. The smallest absolute Gasteiger partial charge is 0.748 e. The minimum Gasteiger partial charge on any atom is -0.748 e. The summed E-state index contributed by atoms with van der Waals surface area (Å²) in [5.41, 5.74) is 0.0496. The van der Waals surface area contributed by atoms with E-state index < -0.39 is 33.1 Å².